The van der Waals surface area contributed by atoms with Gasteiger partial charge in [0.2, 0.25) is 0 Å². The van der Waals surface area contributed by atoms with E-state index in [1.165, 1.54) is 24.3 Å². The fourth-order valence-electron chi connectivity index (χ4n) is 2.14. The Labute approximate surface area is 163 Å². The second-order valence-corrected chi connectivity index (χ2v) is 7.73. The van der Waals surface area contributed by atoms with E-state index in [0.29, 0.717) is 6.20 Å². The molecule has 0 spiro atoms. The first-order valence-electron chi connectivity index (χ1n) is 7.31. The molecular formula is C13H8B6FN3O3S. The monoisotopic (exact) mass is 371 g/mol. The summed E-state index contributed by atoms with van der Waals surface area (Å²) < 4.78 is 40.3. The van der Waals surface area contributed by atoms with Crippen LogP contribution in [0.5, 0.6) is 0 Å². The maximum absolute atomic E-state index is 14.6. The normalized spacial score (nSPS) is 13.6. The molecule has 0 unspecified atom stereocenters. The third kappa shape index (κ3) is 4.54. The van der Waals surface area contributed by atoms with E-state index in [1.807, 2.05) is 0 Å². The number of hydrogen-bond donors (Lipinski definition) is 0. The quantitative estimate of drug-likeness (QED) is 0.556. The Kier molecular flexibility index (Phi) is 5.54. The van der Waals surface area contributed by atoms with Crippen LogP contribution in [0, 0.1) is 12.7 Å². The summed E-state index contributed by atoms with van der Waals surface area (Å²) in [5.74, 6) is -1.36. The number of hydrogen-bond acceptors (Lipinski definition) is 4. The predicted octanol–water partition coefficient (Wildman–Crippen LogP) is -2.57. The van der Waals surface area contributed by atoms with E-state index in [4.69, 9.17) is 47.1 Å². The van der Waals surface area contributed by atoms with Gasteiger partial charge in [-0.15, -0.1) is 0 Å². The van der Waals surface area contributed by atoms with Gasteiger partial charge in [-0.05, 0) is 24.3 Å². The second kappa shape index (κ2) is 6.96. The van der Waals surface area contributed by atoms with Gasteiger partial charge < -0.3 is 0 Å². The summed E-state index contributed by atoms with van der Waals surface area (Å²) in [6.45, 7) is 1.73. The smallest absolute Gasteiger partial charge is 0.295 e. The van der Waals surface area contributed by atoms with Gasteiger partial charge in [0.25, 0.3) is 10.0 Å². The average Bonchev–Trinajstić information content (AvgIpc) is 2.48. The molecule has 0 aliphatic heterocycles. The van der Waals surface area contributed by atoms with E-state index < -0.39 is 37.5 Å². The Balaban J connectivity index is 2.94. The Hall–Kier alpha value is -1.83. The summed E-state index contributed by atoms with van der Waals surface area (Å²) >= 11 is 0. The van der Waals surface area contributed by atoms with Gasteiger partial charge in [0, 0.05) is 0 Å². The van der Waals surface area contributed by atoms with Gasteiger partial charge in [0.15, 0.2) is 11.3 Å². The minimum absolute atomic E-state index is 0.0819. The third-order valence-electron chi connectivity index (χ3n) is 3.30. The molecule has 0 atom stereocenters. The van der Waals surface area contributed by atoms with E-state index in [0.717, 1.165) is 5.56 Å². The van der Waals surface area contributed by atoms with Gasteiger partial charge in [-0.3, -0.25) is 9.56 Å². The number of aryl methyl sites for hydroxylation is 1. The van der Waals surface area contributed by atoms with Crippen molar-refractivity contribution < 1.29 is 12.8 Å². The topological polar surface area (TPSA) is 73.4 Å². The molecule has 6 nitrogen and oxygen atoms in total. The summed E-state index contributed by atoms with van der Waals surface area (Å²) in [5, 5.41) is -4.86. The molecule has 14 heteroatoms. The van der Waals surface area contributed by atoms with Gasteiger partial charge in [0.1, 0.15) is 0 Å². The molecular weight excluding hydrogens is 362 g/mol. The molecule has 2 rings (SSSR count). The predicted molar refractivity (Wildman–Crippen MR) is 103 cm³/mol. The van der Waals surface area contributed by atoms with Crippen molar-refractivity contribution in [3.05, 3.63) is 57.8 Å². The summed E-state index contributed by atoms with van der Waals surface area (Å²) in [4.78, 5) is 15.8. The van der Waals surface area contributed by atoms with Crippen molar-refractivity contribution in [2.75, 3.05) is 0 Å². The van der Waals surface area contributed by atoms with Crippen LogP contribution in [0.25, 0.3) is 0 Å². The number of halogens is 1. The van der Waals surface area contributed by atoms with Crippen LogP contribution in [-0.2, 0) is 15.3 Å². The first-order chi connectivity index (χ1) is 12.1. The van der Waals surface area contributed by atoms with Crippen LogP contribution in [-0.4, -0.2) is 69.3 Å². The number of rotatable bonds is 4. The molecule has 2 aromatic rings. The molecule has 1 aromatic carbocycles. The second-order valence-electron chi connectivity index (χ2n) is 5.92. The molecule has 0 amide bonds. The summed E-state index contributed by atoms with van der Waals surface area (Å²) in [6.07, 6.45) is 0.365. The van der Waals surface area contributed by atoms with E-state index in [2.05, 4.69) is 4.99 Å². The highest BCUT2D eigenvalue weighted by atomic mass is 32.2. The zero-order chi connectivity index (χ0) is 20.8. The van der Waals surface area contributed by atoms with Crippen LogP contribution in [0.1, 0.15) is 5.56 Å². The van der Waals surface area contributed by atoms with E-state index in [9.17, 15) is 17.6 Å². The highest BCUT2D eigenvalue weighted by molar-refractivity contribution is 7.90. The molecule has 0 aliphatic rings. The minimum Gasteiger partial charge on any atom is -0.295 e. The fraction of sp³-hybridized carbons (Fsp3) is 0.231. The van der Waals surface area contributed by atoms with Gasteiger partial charge in [-0.1, -0.05) is 22.9 Å². The largest absolute Gasteiger partial charge is 0.342 e. The molecule has 1 aromatic heterocycles. The first kappa shape index (κ1) is 21.5. The van der Waals surface area contributed by atoms with Crippen LogP contribution in [0.3, 0.4) is 0 Å². The number of benzene rings is 1. The number of aromatic nitrogens is 2. The lowest BCUT2D eigenvalue weighted by Gasteiger charge is -2.27. The summed E-state index contributed by atoms with van der Waals surface area (Å²) in [7, 11) is 27.8. The van der Waals surface area contributed by atoms with Crippen molar-refractivity contribution in [2.24, 2.45) is 4.99 Å². The van der Waals surface area contributed by atoms with Crippen LogP contribution in [0.4, 0.5) is 4.39 Å². The van der Waals surface area contributed by atoms with Crippen molar-refractivity contribution in [1.29, 1.82) is 0 Å². The highest BCUT2D eigenvalue weighted by Crippen LogP contribution is 2.13. The average molecular weight is 370 g/mol. The Morgan fingerprint density at radius 3 is 2.00 bits per heavy atom. The number of nitrogens with zero attached hydrogens (tertiary/aromatic N) is 3. The molecule has 0 N–H and O–H groups in total. The maximum atomic E-state index is 14.6. The van der Waals surface area contributed by atoms with Crippen molar-refractivity contribution in [3.63, 3.8) is 0 Å². The Morgan fingerprint density at radius 2 is 1.56 bits per heavy atom. The molecule has 27 heavy (non-hydrogen) atoms. The van der Waals surface area contributed by atoms with Gasteiger partial charge >= 0.3 is 5.69 Å². The van der Waals surface area contributed by atoms with E-state index in [-0.39, 0.29) is 13.4 Å². The standard InChI is InChI=1S/C13H8B6FN3O3S/c1-7-2-4-8(5-3-7)27(25,26)22-6-9(20)10(21-12(14,15)16)23(11(22)24)13(17,18)19/h2-6H,1H3. The Morgan fingerprint density at radius 1 is 1.04 bits per heavy atom. The SMILES string of the molecule is [B]C([B])([B])N=c1c(F)cn(S(=O)(=O)c2ccc(C)cc2)c(=O)n1C([B])([B])[B]. The zero-order valence-corrected chi connectivity index (χ0v) is 15.0. The lowest BCUT2D eigenvalue weighted by molar-refractivity contribution is 0.519. The zero-order valence-electron chi connectivity index (χ0n) is 14.2. The first-order valence-corrected chi connectivity index (χ1v) is 8.75. The van der Waals surface area contributed by atoms with Crippen molar-refractivity contribution in [3.8, 4) is 0 Å². The molecule has 12 radical (unpaired) electrons. The molecule has 1 heterocycles. The molecule has 124 valence electrons. The van der Waals surface area contributed by atoms with Crippen LogP contribution >= 0.6 is 0 Å². The Bertz CT molecular complexity index is 1100. The van der Waals surface area contributed by atoms with Crippen molar-refractivity contribution >= 4 is 57.1 Å². The lowest BCUT2D eigenvalue weighted by Crippen LogP contribution is -2.56. The minimum atomic E-state index is -4.51. The maximum Gasteiger partial charge on any atom is 0.342 e. The van der Waals surface area contributed by atoms with E-state index in [1.54, 1.807) is 6.92 Å². The lowest BCUT2D eigenvalue weighted by atomic mass is 9.49. The summed E-state index contributed by atoms with van der Waals surface area (Å²) in [6, 6.07) is 5.47. The van der Waals surface area contributed by atoms with Crippen LogP contribution in [0.15, 0.2) is 45.1 Å². The van der Waals surface area contributed by atoms with Gasteiger partial charge in [-0.25, -0.2) is 17.6 Å². The van der Waals surface area contributed by atoms with Crippen LogP contribution < -0.4 is 11.2 Å². The fourth-order valence-corrected chi connectivity index (χ4v) is 3.37. The van der Waals surface area contributed by atoms with Crippen molar-refractivity contribution in [2.45, 2.75) is 22.3 Å². The molecule has 0 saturated carbocycles. The highest BCUT2D eigenvalue weighted by Gasteiger charge is 2.26. The van der Waals surface area contributed by atoms with Gasteiger partial charge in [-0.2, -0.15) is 3.97 Å². The molecule has 0 bridgehead atoms. The van der Waals surface area contributed by atoms with Crippen LogP contribution in [0.2, 0.25) is 0 Å². The third-order valence-corrected chi connectivity index (χ3v) is 4.95. The molecule has 0 aliphatic carbocycles. The van der Waals surface area contributed by atoms with Crippen molar-refractivity contribution in [1.82, 2.24) is 8.54 Å². The summed E-state index contributed by atoms with van der Waals surface area (Å²) in [5.41, 5.74) is -1.56. The van der Waals surface area contributed by atoms with E-state index >= 15 is 0 Å². The van der Waals surface area contributed by atoms with Gasteiger partial charge in [0.05, 0.1) is 58.2 Å². The molecule has 0 fully saturated rings. The molecule has 0 saturated heterocycles.